The molecule has 172 valence electrons. The van der Waals surface area contributed by atoms with Crippen LogP contribution < -0.4 is 0 Å². The van der Waals surface area contributed by atoms with Crippen molar-refractivity contribution in [1.29, 1.82) is 0 Å². The van der Waals surface area contributed by atoms with E-state index in [0.29, 0.717) is 12.8 Å². The number of pyridine rings is 1. The van der Waals surface area contributed by atoms with Crippen LogP contribution in [0.1, 0.15) is 50.3 Å². The summed E-state index contributed by atoms with van der Waals surface area (Å²) in [5.41, 5.74) is 5.88. The van der Waals surface area contributed by atoms with E-state index in [1.165, 1.54) is 33.1 Å². The Kier molecular flexibility index (Phi) is 6.82. The third-order valence-corrected chi connectivity index (χ3v) is 6.26. The lowest BCUT2D eigenvalue weighted by atomic mass is 9.92. The number of rotatable bonds is 9. The van der Waals surface area contributed by atoms with E-state index in [1.54, 1.807) is 0 Å². The van der Waals surface area contributed by atoms with Gasteiger partial charge in [0.15, 0.2) is 0 Å². The Labute approximate surface area is 193 Å². The first-order valence-electron chi connectivity index (χ1n) is 11.5. The lowest BCUT2D eigenvalue weighted by Gasteiger charge is -2.16. The number of nitrogens with zero attached hydrogens (tertiary/aromatic N) is 1. The molecule has 3 N–H and O–H groups in total. The van der Waals surface area contributed by atoms with Crippen molar-refractivity contribution in [3.8, 4) is 11.1 Å². The molecule has 0 spiro atoms. The molecule has 0 saturated heterocycles. The van der Waals surface area contributed by atoms with Crippen LogP contribution in [-0.2, 0) is 11.2 Å². The Hall–Kier alpha value is -3.15. The van der Waals surface area contributed by atoms with E-state index in [0.717, 1.165) is 5.56 Å². The number of carbonyl (C=O) groups is 1. The highest BCUT2D eigenvalue weighted by Crippen LogP contribution is 2.40. The van der Waals surface area contributed by atoms with Gasteiger partial charge in [0.25, 0.3) is 0 Å². The molecular weight excluding hydrogens is 414 g/mol. The smallest absolute Gasteiger partial charge is 0.305 e. The van der Waals surface area contributed by atoms with Crippen LogP contribution in [0.5, 0.6) is 0 Å². The molecule has 33 heavy (non-hydrogen) atoms. The summed E-state index contributed by atoms with van der Waals surface area (Å²) in [6.45, 7) is 4.37. The summed E-state index contributed by atoms with van der Waals surface area (Å²) in [6.07, 6.45) is 1.09. The van der Waals surface area contributed by atoms with E-state index in [4.69, 9.17) is 5.11 Å². The molecule has 0 fully saturated rings. The SMILES string of the molecule is CC(C)c1c(CCC(O)CC(O)CC(=O)O)c(-c2ccccc2)c2c3ccccc3ccn12. The molecule has 0 bridgehead atoms. The number of aromatic nitrogens is 1. The molecule has 5 heteroatoms. The van der Waals surface area contributed by atoms with E-state index >= 15 is 0 Å². The summed E-state index contributed by atoms with van der Waals surface area (Å²) in [7, 11) is 0. The van der Waals surface area contributed by atoms with Crippen molar-refractivity contribution >= 4 is 22.3 Å². The van der Waals surface area contributed by atoms with Gasteiger partial charge in [-0.3, -0.25) is 4.79 Å². The minimum Gasteiger partial charge on any atom is -0.481 e. The van der Waals surface area contributed by atoms with Gasteiger partial charge in [-0.1, -0.05) is 68.4 Å². The van der Waals surface area contributed by atoms with E-state index in [1.807, 2.05) is 24.3 Å². The van der Waals surface area contributed by atoms with E-state index in [2.05, 4.69) is 60.8 Å². The van der Waals surface area contributed by atoms with Gasteiger partial charge in [0.05, 0.1) is 24.1 Å². The van der Waals surface area contributed by atoms with E-state index in [9.17, 15) is 15.0 Å². The second kappa shape index (κ2) is 9.77. The fourth-order valence-corrected chi connectivity index (χ4v) is 4.91. The molecule has 0 aliphatic heterocycles. The van der Waals surface area contributed by atoms with Crippen LogP contribution in [0.25, 0.3) is 27.4 Å². The van der Waals surface area contributed by atoms with Crippen LogP contribution in [0.3, 0.4) is 0 Å². The molecular formula is C28H31NO4. The lowest BCUT2D eigenvalue weighted by molar-refractivity contribution is -0.139. The largest absolute Gasteiger partial charge is 0.481 e. The molecule has 0 aliphatic carbocycles. The highest BCUT2D eigenvalue weighted by atomic mass is 16.4. The fraction of sp³-hybridized carbons (Fsp3) is 0.321. The third kappa shape index (κ3) is 4.80. The van der Waals surface area contributed by atoms with E-state index < -0.39 is 18.2 Å². The molecule has 2 heterocycles. The highest BCUT2D eigenvalue weighted by molar-refractivity contribution is 6.05. The summed E-state index contributed by atoms with van der Waals surface area (Å²) >= 11 is 0. The van der Waals surface area contributed by atoms with Gasteiger partial charge < -0.3 is 19.7 Å². The number of aliphatic carboxylic acids is 1. The number of hydrogen-bond donors (Lipinski definition) is 3. The maximum Gasteiger partial charge on any atom is 0.305 e. The zero-order chi connectivity index (χ0) is 23.5. The first-order chi connectivity index (χ1) is 15.9. The molecule has 2 atom stereocenters. The highest BCUT2D eigenvalue weighted by Gasteiger charge is 2.24. The number of carboxylic acid groups (broad SMARTS) is 1. The molecule has 4 rings (SSSR count). The zero-order valence-electron chi connectivity index (χ0n) is 19.1. The third-order valence-electron chi connectivity index (χ3n) is 6.26. The zero-order valence-corrected chi connectivity index (χ0v) is 19.1. The summed E-state index contributed by atoms with van der Waals surface area (Å²) in [4.78, 5) is 10.9. The topological polar surface area (TPSA) is 82.2 Å². The minimum absolute atomic E-state index is 0.0558. The second-order valence-electron chi connectivity index (χ2n) is 9.06. The Morgan fingerprint density at radius 2 is 1.64 bits per heavy atom. The van der Waals surface area contributed by atoms with Crippen LogP contribution in [0.2, 0.25) is 0 Å². The van der Waals surface area contributed by atoms with Gasteiger partial charge in [-0.15, -0.1) is 0 Å². The normalized spacial score (nSPS) is 13.6. The Morgan fingerprint density at radius 1 is 0.939 bits per heavy atom. The number of aliphatic hydroxyl groups is 2. The molecule has 0 aliphatic rings. The van der Waals surface area contributed by atoms with Crippen LogP contribution in [0.4, 0.5) is 0 Å². The van der Waals surface area contributed by atoms with Crippen LogP contribution >= 0.6 is 0 Å². The maximum atomic E-state index is 10.9. The number of fused-ring (bicyclic) bond motifs is 3. The van der Waals surface area contributed by atoms with Crippen LogP contribution in [-0.4, -0.2) is 37.9 Å². The van der Waals surface area contributed by atoms with Gasteiger partial charge in [0, 0.05) is 22.8 Å². The molecule has 2 aromatic heterocycles. The van der Waals surface area contributed by atoms with Crippen molar-refractivity contribution < 1.29 is 20.1 Å². The van der Waals surface area contributed by atoms with E-state index in [-0.39, 0.29) is 18.8 Å². The summed E-state index contributed by atoms with van der Waals surface area (Å²) in [5, 5.41) is 31.8. The average Bonchev–Trinajstić information content (AvgIpc) is 3.12. The predicted molar refractivity (Wildman–Crippen MR) is 132 cm³/mol. The Balaban J connectivity index is 1.83. The molecule has 2 aromatic carbocycles. The van der Waals surface area contributed by atoms with Crippen molar-refractivity contribution in [3.63, 3.8) is 0 Å². The molecule has 2 unspecified atom stereocenters. The quantitative estimate of drug-likeness (QED) is 0.322. The van der Waals surface area contributed by atoms with Gasteiger partial charge >= 0.3 is 5.97 Å². The minimum atomic E-state index is -1.06. The number of hydrogen-bond acceptors (Lipinski definition) is 3. The van der Waals surface area contributed by atoms with Crippen molar-refractivity contribution in [2.45, 2.75) is 57.7 Å². The van der Waals surface area contributed by atoms with Crippen molar-refractivity contribution in [1.82, 2.24) is 4.40 Å². The van der Waals surface area contributed by atoms with Gasteiger partial charge in [-0.25, -0.2) is 0 Å². The van der Waals surface area contributed by atoms with Crippen LogP contribution in [0, 0.1) is 0 Å². The predicted octanol–water partition coefficient (Wildman–Crippen LogP) is 5.40. The van der Waals surface area contributed by atoms with Crippen molar-refractivity contribution in [3.05, 3.63) is 78.1 Å². The first-order valence-corrected chi connectivity index (χ1v) is 11.5. The molecule has 0 saturated carbocycles. The van der Waals surface area contributed by atoms with Crippen LogP contribution in [0.15, 0.2) is 66.9 Å². The standard InChI is InChI=1S/C28H31NO4/c1-18(2)27-24(13-12-21(30)16-22(31)17-25(32)33)26(20-9-4-3-5-10-20)28-23-11-7-6-8-19(23)14-15-29(27)28/h3-11,14-15,18,21-22,30-31H,12-13,16-17H2,1-2H3,(H,32,33). The first kappa shape index (κ1) is 23.0. The maximum absolute atomic E-state index is 10.9. The van der Waals surface area contributed by atoms with Crippen molar-refractivity contribution in [2.75, 3.05) is 0 Å². The van der Waals surface area contributed by atoms with Gasteiger partial charge in [0.1, 0.15) is 0 Å². The summed E-state index contributed by atoms with van der Waals surface area (Å²) in [5.74, 6) is -0.797. The molecule has 5 nitrogen and oxygen atoms in total. The van der Waals surface area contributed by atoms with Gasteiger partial charge in [-0.05, 0) is 47.8 Å². The number of aliphatic hydroxyl groups excluding tert-OH is 2. The number of carboxylic acids is 1. The fourth-order valence-electron chi connectivity index (χ4n) is 4.91. The molecule has 0 radical (unpaired) electrons. The Morgan fingerprint density at radius 3 is 2.33 bits per heavy atom. The average molecular weight is 446 g/mol. The number of benzene rings is 2. The molecule has 0 amide bonds. The van der Waals surface area contributed by atoms with Crippen molar-refractivity contribution in [2.24, 2.45) is 0 Å². The Bertz CT molecular complexity index is 1260. The summed E-state index contributed by atoms with van der Waals surface area (Å²) < 4.78 is 2.29. The molecule has 4 aromatic rings. The second-order valence-corrected chi connectivity index (χ2v) is 9.06. The summed E-state index contributed by atoms with van der Waals surface area (Å²) in [6, 6.07) is 20.9. The lowest BCUT2D eigenvalue weighted by Crippen LogP contribution is -2.21. The van der Waals surface area contributed by atoms with Gasteiger partial charge in [-0.2, -0.15) is 0 Å². The monoisotopic (exact) mass is 445 g/mol. The van der Waals surface area contributed by atoms with Gasteiger partial charge in [0.2, 0.25) is 0 Å².